The Bertz CT molecular complexity index is 455. The number of aliphatic imine (C=N–C) groups is 1. The first-order valence-corrected chi connectivity index (χ1v) is 6.93. The third-order valence-electron chi connectivity index (χ3n) is 2.93. The minimum Gasteiger partial charge on any atom is -0.491 e. The molecule has 1 aromatic rings. The Morgan fingerprint density at radius 2 is 2.26 bits per heavy atom. The molecule has 2 N–H and O–H groups in total. The molecule has 0 bridgehead atoms. The number of hydrogen-bond donors (Lipinski definition) is 2. The molecule has 1 aliphatic rings. The lowest BCUT2D eigenvalue weighted by Gasteiger charge is -2.18. The fourth-order valence-electron chi connectivity index (χ4n) is 2.00. The van der Waals surface area contributed by atoms with E-state index in [0.717, 1.165) is 43.3 Å². The molecule has 0 saturated carbocycles. The first-order valence-electron chi connectivity index (χ1n) is 6.93. The molecular weight excluding hydrogens is 238 g/mol. The monoisotopic (exact) mass is 261 g/mol. The van der Waals surface area contributed by atoms with Crippen molar-refractivity contribution in [3.05, 3.63) is 29.3 Å². The quantitative estimate of drug-likeness (QED) is 0.873. The molecule has 4 nitrogen and oxygen atoms in total. The number of nitrogens with one attached hydrogen (secondary N) is 2. The van der Waals surface area contributed by atoms with Crippen molar-refractivity contribution in [1.82, 2.24) is 10.6 Å². The highest BCUT2D eigenvalue weighted by Crippen LogP contribution is 2.21. The molecule has 0 atom stereocenters. The standard InChI is InChI=1S/C15H23N3O/c1-11(2)19-14-9-12(3)5-6-13(14)10-18-15-16-7-4-8-17-15/h5-6,9,11H,4,7-8,10H2,1-3H3,(H2,16,17,18). The van der Waals surface area contributed by atoms with Crippen molar-refractivity contribution in [1.29, 1.82) is 0 Å². The molecule has 104 valence electrons. The van der Waals surface area contributed by atoms with Crippen molar-refractivity contribution < 1.29 is 4.74 Å². The number of benzene rings is 1. The van der Waals surface area contributed by atoms with Gasteiger partial charge in [0.2, 0.25) is 0 Å². The summed E-state index contributed by atoms with van der Waals surface area (Å²) < 4.78 is 5.87. The Morgan fingerprint density at radius 3 is 2.95 bits per heavy atom. The van der Waals surface area contributed by atoms with Gasteiger partial charge in [-0.2, -0.15) is 0 Å². The lowest BCUT2D eigenvalue weighted by molar-refractivity contribution is 0.239. The van der Waals surface area contributed by atoms with Crippen LogP contribution in [-0.4, -0.2) is 25.2 Å². The lowest BCUT2D eigenvalue weighted by atomic mass is 10.1. The molecule has 0 unspecified atom stereocenters. The van der Waals surface area contributed by atoms with E-state index in [-0.39, 0.29) is 6.10 Å². The van der Waals surface area contributed by atoms with Crippen LogP contribution in [0.15, 0.2) is 23.2 Å². The van der Waals surface area contributed by atoms with Gasteiger partial charge < -0.3 is 15.4 Å². The van der Waals surface area contributed by atoms with Crippen molar-refractivity contribution in [3.8, 4) is 5.75 Å². The number of guanidine groups is 1. The van der Waals surface area contributed by atoms with Gasteiger partial charge in [-0.15, -0.1) is 0 Å². The summed E-state index contributed by atoms with van der Waals surface area (Å²) in [5.41, 5.74) is 2.38. The normalized spacial score (nSPS) is 14.8. The van der Waals surface area contributed by atoms with Crippen molar-refractivity contribution in [2.75, 3.05) is 13.1 Å². The maximum absolute atomic E-state index is 5.87. The Hall–Kier alpha value is -1.71. The SMILES string of the molecule is Cc1ccc(CNC2=NCCCN2)c(OC(C)C)c1. The van der Waals surface area contributed by atoms with Crippen molar-refractivity contribution in [3.63, 3.8) is 0 Å². The lowest BCUT2D eigenvalue weighted by Crippen LogP contribution is -2.40. The second-order valence-corrected chi connectivity index (χ2v) is 5.14. The molecule has 0 aromatic heterocycles. The van der Waals surface area contributed by atoms with Gasteiger partial charge in [0, 0.05) is 25.2 Å². The van der Waals surface area contributed by atoms with Crippen LogP contribution in [0.5, 0.6) is 5.75 Å². The molecule has 1 heterocycles. The van der Waals surface area contributed by atoms with Crippen LogP contribution in [0.3, 0.4) is 0 Å². The van der Waals surface area contributed by atoms with Gasteiger partial charge in [0.05, 0.1) is 6.10 Å². The van der Waals surface area contributed by atoms with Crippen LogP contribution in [0.25, 0.3) is 0 Å². The molecule has 0 fully saturated rings. The number of aryl methyl sites for hydroxylation is 1. The van der Waals surface area contributed by atoms with E-state index in [9.17, 15) is 0 Å². The maximum Gasteiger partial charge on any atom is 0.191 e. The highest BCUT2D eigenvalue weighted by molar-refractivity contribution is 5.80. The molecule has 0 radical (unpaired) electrons. The van der Waals surface area contributed by atoms with Crippen LogP contribution in [0.1, 0.15) is 31.4 Å². The number of rotatable bonds is 4. The van der Waals surface area contributed by atoms with Gasteiger partial charge in [-0.05, 0) is 38.8 Å². The highest BCUT2D eigenvalue weighted by Gasteiger charge is 2.08. The van der Waals surface area contributed by atoms with Crippen LogP contribution >= 0.6 is 0 Å². The predicted octanol–water partition coefficient (Wildman–Crippen LogP) is 2.22. The summed E-state index contributed by atoms with van der Waals surface area (Å²) in [6.07, 6.45) is 1.29. The molecule has 1 aliphatic heterocycles. The minimum absolute atomic E-state index is 0.186. The maximum atomic E-state index is 5.87. The Balaban J connectivity index is 2.04. The first kappa shape index (κ1) is 13.7. The van der Waals surface area contributed by atoms with Crippen LogP contribution in [0.4, 0.5) is 0 Å². The van der Waals surface area contributed by atoms with Gasteiger partial charge in [0.1, 0.15) is 5.75 Å². The second kappa shape index (κ2) is 6.45. The predicted molar refractivity (Wildman–Crippen MR) is 78.7 cm³/mol. The van der Waals surface area contributed by atoms with Crippen LogP contribution < -0.4 is 15.4 Å². The zero-order valence-electron chi connectivity index (χ0n) is 12.0. The Kier molecular flexibility index (Phi) is 4.66. The van der Waals surface area contributed by atoms with Gasteiger partial charge in [0.25, 0.3) is 0 Å². The average Bonchev–Trinajstić information content (AvgIpc) is 2.38. The summed E-state index contributed by atoms with van der Waals surface area (Å²) in [5, 5.41) is 6.59. The molecular formula is C15H23N3O. The molecule has 0 aliphatic carbocycles. The minimum atomic E-state index is 0.186. The third-order valence-corrected chi connectivity index (χ3v) is 2.93. The van der Waals surface area contributed by atoms with E-state index >= 15 is 0 Å². The van der Waals surface area contributed by atoms with E-state index in [1.54, 1.807) is 0 Å². The van der Waals surface area contributed by atoms with E-state index in [4.69, 9.17) is 4.74 Å². The highest BCUT2D eigenvalue weighted by atomic mass is 16.5. The van der Waals surface area contributed by atoms with E-state index in [0.29, 0.717) is 0 Å². The molecule has 0 spiro atoms. The fraction of sp³-hybridized carbons (Fsp3) is 0.533. The summed E-state index contributed by atoms with van der Waals surface area (Å²) in [4.78, 5) is 4.41. The van der Waals surface area contributed by atoms with Gasteiger partial charge in [-0.1, -0.05) is 12.1 Å². The zero-order valence-corrected chi connectivity index (χ0v) is 12.0. The molecule has 2 rings (SSSR count). The van der Waals surface area contributed by atoms with E-state index in [2.05, 4.69) is 40.7 Å². The van der Waals surface area contributed by atoms with Gasteiger partial charge in [-0.25, -0.2) is 0 Å². The average molecular weight is 261 g/mol. The largest absolute Gasteiger partial charge is 0.491 e. The summed E-state index contributed by atoms with van der Waals surface area (Å²) in [6, 6.07) is 6.32. The first-order chi connectivity index (χ1) is 9.15. The van der Waals surface area contributed by atoms with E-state index in [1.165, 1.54) is 5.56 Å². The van der Waals surface area contributed by atoms with Gasteiger partial charge in [-0.3, -0.25) is 4.99 Å². The topological polar surface area (TPSA) is 45.7 Å². The smallest absolute Gasteiger partial charge is 0.191 e. The summed E-state index contributed by atoms with van der Waals surface area (Å²) in [6.45, 7) is 8.80. The fourth-order valence-corrected chi connectivity index (χ4v) is 2.00. The molecule has 4 heteroatoms. The van der Waals surface area contributed by atoms with Crippen molar-refractivity contribution >= 4 is 5.96 Å². The Morgan fingerprint density at radius 1 is 1.42 bits per heavy atom. The van der Waals surface area contributed by atoms with E-state index in [1.807, 2.05) is 13.8 Å². The zero-order chi connectivity index (χ0) is 13.7. The van der Waals surface area contributed by atoms with Gasteiger partial charge >= 0.3 is 0 Å². The summed E-state index contributed by atoms with van der Waals surface area (Å²) in [5.74, 6) is 1.85. The van der Waals surface area contributed by atoms with Crippen molar-refractivity contribution in [2.24, 2.45) is 4.99 Å². The van der Waals surface area contributed by atoms with Crippen LogP contribution in [0.2, 0.25) is 0 Å². The summed E-state index contributed by atoms with van der Waals surface area (Å²) in [7, 11) is 0. The summed E-state index contributed by atoms with van der Waals surface area (Å²) >= 11 is 0. The van der Waals surface area contributed by atoms with E-state index < -0.39 is 0 Å². The number of hydrogen-bond acceptors (Lipinski definition) is 4. The molecule has 19 heavy (non-hydrogen) atoms. The van der Waals surface area contributed by atoms with Crippen molar-refractivity contribution in [2.45, 2.75) is 39.8 Å². The molecule has 0 amide bonds. The molecule has 0 saturated heterocycles. The number of nitrogens with zero attached hydrogens (tertiary/aromatic N) is 1. The number of ether oxygens (including phenoxy) is 1. The third kappa shape index (κ3) is 4.16. The van der Waals surface area contributed by atoms with Crippen LogP contribution in [0, 0.1) is 6.92 Å². The van der Waals surface area contributed by atoms with Crippen LogP contribution in [-0.2, 0) is 6.54 Å². The second-order valence-electron chi connectivity index (χ2n) is 5.14. The Labute approximate surface area is 115 Å². The van der Waals surface area contributed by atoms with Gasteiger partial charge in [0.15, 0.2) is 5.96 Å². The molecule has 1 aromatic carbocycles.